The first-order valence-corrected chi connectivity index (χ1v) is 14.1. The van der Waals surface area contributed by atoms with Crippen molar-refractivity contribution < 1.29 is 28.9 Å². The van der Waals surface area contributed by atoms with E-state index in [4.69, 9.17) is 4.63 Å². The number of Topliss-reactive ketones (excluding diaryl/α,β-unsaturated/α-hetero) is 2. The summed E-state index contributed by atoms with van der Waals surface area (Å²) in [4.78, 5) is 66.1. The SMILES string of the molecule is CCC(C(=O)NC(CC(=O)O)C(=O)CSCc1ccccc1)n1ccnc(NCc2nonc2CCC(C)=O)c1=O. The molecule has 1 amide bonds. The first kappa shape index (κ1) is 31.2. The molecule has 0 aliphatic rings. The Balaban J connectivity index is 1.68. The van der Waals surface area contributed by atoms with Crippen LogP contribution in [0.25, 0.3) is 0 Å². The minimum Gasteiger partial charge on any atom is -0.481 e. The lowest BCUT2D eigenvalue weighted by Crippen LogP contribution is -2.47. The van der Waals surface area contributed by atoms with Crippen LogP contribution in [0, 0.1) is 0 Å². The molecule has 3 aromatic rings. The van der Waals surface area contributed by atoms with E-state index in [1.54, 1.807) is 6.92 Å². The monoisotopic (exact) mass is 584 g/mol. The molecule has 2 atom stereocenters. The number of anilines is 1. The van der Waals surface area contributed by atoms with Gasteiger partial charge in [-0.2, -0.15) is 0 Å². The topological polar surface area (TPSA) is 186 Å². The largest absolute Gasteiger partial charge is 0.481 e. The third kappa shape index (κ3) is 9.38. The normalized spacial score (nSPS) is 12.3. The van der Waals surface area contributed by atoms with Crippen molar-refractivity contribution in [2.75, 3.05) is 11.1 Å². The van der Waals surface area contributed by atoms with E-state index in [9.17, 15) is 29.1 Å². The van der Waals surface area contributed by atoms with Crippen molar-refractivity contribution in [3.05, 3.63) is 70.0 Å². The lowest BCUT2D eigenvalue weighted by atomic mass is 10.1. The quantitative estimate of drug-likeness (QED) is 0.210. The van der Waals surface area contributed by atoms with E-state index in [1.807, 2.05) is 30.3 Å². The van der Waals surface area contributed by atoms with Crippen LogP contribution < -0.4 is 16.2 Å². The number of carbonyl (C=O) groups excluding carboxylic acids is 3. The fourth-order valence-corrected chi connectivity index (χ4v) is 4.88. The molecule has 2 heterocycles. The van der Waals surface area contributed by atoms with E-state index in [-0.39, 0.29) is 36.7 Å². The second-order valence-corrected chi connectivity index (χ2v) is 10.2. The number of amides is 1. The van der Waals surface area contributed by atoms with Crippen LogP contribution in [0.15, 0.2) is 52.1 Å². The molecule has 3 rings (SSSR count). The lowest BCUT2D eigenvalue weighted by molar-refractivity contribution is -0.140. The van der Waals surface area contributed by atoms with Crippen molar-refractivity contribution in [3.63, 3.8) is 0 Å². The van der Waals surface area contributed by atoms with Crippen LogP contribution in [0.2, 0.25) is 0 Å². The lowest BCUT2D eigenvalue weighted by Gasteiger charge is -2.22. The third-order valence-electron chi connectivity index (χ3n) is 6.11. The molecule has 13 nitrogen and oxygen atoms in total. The summed E-state index contributed by atoms with van der Waals surface area (Å²) in [7, 11) is 0. The van der Waals surface area contributed by atoms with Gasteiger partial charge in [-0.25, -0.2) is 9.61 Å². The summed E-state index contributed by atoms with van der Waals surface area (Å²) in [6.45, 7) is 3.20. The van der Waals surface area contributed by atoms with Gasteiger partial charge in [0.25, 0.3) is 5.56 Å². The number of aryl methyl sites for hydroxylation is 1. The summed E-state index contributed by atoms with van der Waals surface area (Å²) in [5, 5.41) is 22.4. The molecular formula is C27H32N6O7S. The smallest absolute Gasteiger partial charge is 0.305 e. The van der Waals surface area contributed by atoms with E-state index in [0.29, 0.717) is 23.6 Å². The Kier molecular flexibility index (Phi) is 11.8. The van der Waals surface area contributed by atoms with E-state index >= 15 is 0 Å². The van der Waals surface area contributed by atoms with Crippen molar-refractivity contribution >= 4 is 41.0 Å². The zero-order valence-corrected chi connectivity index (χ0v) is 23.6. The van der Waals surface area contributed by atoms with Crippen LogP contribution in [0.4, 0.5) is 5.82 Å². The van der Waals surface area contributed by atoms with Crippen LogP contribution in [0.3, 0.4) is 0 Å². The van der Waals surface area contributed by atoms with E-state index < -0.39 is 41.7 Å². The standard InChI is InChI=1S/C27H32N6O7S/c1-3-22(26(38)30-20(13-24(36)37)23(35)16-41-15-18-7-5-4-6-8-18)33-12-11-28-25(27(33)39)29-14-21-19(31-40-32-21)10-9-17(2)34/h4-8,11-12,20,22H,3,9-10,13-16H2,1-2H3,(H,28,29)(H,30,38)(H,36,37). The average Bonchev–Trinajstić information content (AvgIpc) is 3.40. The maximum absolute atomic E-state index is 13.2. The van der Waals surface area contributed by atoms with Crippen LogP contribution in [0.1, 0.15) is 56.1 Å². The van der Waals surface area contributed by atoms with Gasteiger partial charge in [0.05, 0.1) is 24.8 Å². The molecule has 0 saturated heterocycles. The second kappa shape index (κ2) is 15.5. The van der Waals surface area contributed by atoms with Gasteiger partial charge in [0.1, 0.15) is 23.2 Å². The van der Waals surface area contributed by atoms with Crippen LogP contribution in [0.5, 0.6) is 0 Å². The summed E-state index contributed by atoms with van der Waals surface area (Å²) in [6, 6.07) is 7.23. The van der Waals surface area contributed by atoms with Gasteiger partial charge < -0.3 is 20.5 Å². The number of thioether (sulfide) groups is 1. The second-order valence-electron chi connectivity index (χ2n) is 9.23. The van der Waals surface area contributed by atoms with Gasteiger partial charge in [-0.15, -0.1) is 11.8 Å². The average molecular weight is 585 g/mol. The molecule has 14 heteroatoms. The van der Waals surface area contributed by atoms with Gasteiger partial charge in [-0.05, 0) is 18.9 Å². The number of nitrogens with one attached hydrogen (secondary N) is 2. The number of benzene rings is 1. The highest BCUT2D eigenvalue weighted by atomic mass is 32.2. The van der Waals surface area contributed by atoms with Crippen molar-refractivity contribution in [3.8, 4) is 0 Å². The van der Waals surface area contributed by atoms with Crippen molar-refractivity contribution in [2.45, 2.75) is 63.9 Å². The first-order valence-electron chi connectivity index (χ1n) is 13.0. The number of aromatic nitrogens is 4. The number of carbonyl (C=O) groups is 4. The maximum Gasteiger partial charge on any atom is 0.305 e. The molecule has 0 saturated carbocycles. The minimum absolute atomic E-state index is 0.0124. The third-order valence-corrected chi connectivity index (χ3v) is 7.13. The fraction of sp³-hybridized carbons (Fsp3) is 0.407. The molecule has 0 aliphatic carbocycles. The molecule has 218 valence electrons. The Labute approximate surface area is 240 Å². The Bertz CT molecular complexity index is 1410. The molecular weight excluding hydrogens is 552 g/mol. The number of rotatable bonds is 17. The number of nitrogens with zero attached hydrogens (tertiary/aromatic N) is 4. The highest BCUT2D eigenvalue weighted by Gasteiger charge is 2.28. The van der Waals surface area contributed by atoms with Crippen LogP contribution >= 0.6 is 11.8 Å². The molecule has 0 bridgehead atoms. The van der Waals surface area contributed by atoms with Crippen molar-refractivity contribution in [1.82, 2.24) is 25.2 Å². The Morgan fingerprint density at radius 3 is 2.54 bits per heavy atom. The Morgan fingerprint density at radius 1 is 1.12 bits per heavy atom. The number of aliphatic carboxylic acids is 1. The number of hydrogen-bond acceptors (Lipinski definition) is 11. The van der Waals surface area contributed by atoms with Gasteiger partial charge in [0, 0.05) is 31.0 Å². The number of carboxylic acids is 1. The van der Waals surface area contributed by atoms with Gasteiger partial charge in [-0.3, -0.25) is 23.7 Å². The van der Waals surface area contributed by atoms with Crippen LogP contribution in [-0.2, 0) is 37.9 Å². The predicted octanol–water partition coefficient (Wildman–Crippen LogP) is 2.17. The first-order chi connectivity index (χ1) is 19.7. The highest BCUT2D eigenvalue weighted by molar-refractivity contribution is 7.99. The van der Waals surface area contributed by atoms with Crippen molar-refractivity contribution in [1.29, 1.82) is 0 Å². The summed E-state index contributed by atoms with van der Waals surface area (Å²) >= 11 is 1.32. The zero-order chi connectivity index (χ0) is 29.8. The summed E-state index contributed by atoms with van der Waals surface area (Å²) < 4.78 is 5.93. The number of hydrogen-bond donors (Lipinski definition) is 3. The molecule has 0 aliphatic heterocycles. The van der Waals surface area contributed by atoms with E-state index in [1.165, 1.54) is 35.6 Å². The highest BCUT2D eigenvalue weighted by Crippen LogP contribution is 2.15. The van der Waals surface area contributed by atoms with Crippen molar-refractivity contribution in [2.24, 2.45) is 0 Å². The Hall–Kier alpha value is -4.33. The minimum atomic E-state index is -1.25. The molecule has 0 radical (unpaired) electrons. The molecule has 0 fully saturated rings. The molecule has 2 unspecified atom stereocenters. The van der Waals surface area contributed by atoms with Crippen LogP contribution in [-0.4, -0.2) is 60.2 Å². The molecule has 1 aromatic carbocycles. The summed E-state index contributed by atoms with van der Waals surface area (Å²) in [5.74, 6) is -1.82. The molecule has 41 heavy (non-hydrogen) atoms. The van der Waals surface area contributed by atoms with Gasteiger partial charge in [0.2, 0.25) is 5.91 Å². The van der Waals surface area contributed by atoms with Gasteiger partial charge in [0.15, 0.2) is 11.6 Å². The van der Waals surface area contributed by atoms with Gasteiger partial charge in [-0.1, -0.05) is 47.6 Å². The molecule has 0 spiro atoms. The summed E-state index contributed by atoms with van der Waals surface area (Å²) in [6.07, 6.45) is 2.90. The molecule has 2 aromatic heterocycles. The number of ketones is 2. The van der Waals surface area contributed by atoms with E-state index in [0.717, 1.165) is 5.56 Å². The predicted molar refractivity (Wildman–Crippen MR) is 150 cm³/mol. The van der Waals surface area contributed by atoms with E-state index in [2.05, 4.69) is 25.9 Å². The Morgan fingerprint density at radius 2 is 1.85 bits per heavy atom. The number of carboxylic acid groups (broad SMARTS) is 1. The summed E-state index contributed by atoms with van der Waals surface area (Å²) in [5.41, 5.74) is 1.30. The maximum atomic E-state index is 13.2. The fourth-order valence-electron chi connectivity index (χ4n) is 3.94. The zero-order valence-electron chi connectivity index (χ0n) is 22.7. The van der Waals surface area contributed by atoms with Gasteiger partial charge >= 0.3 is 5.97 Å². The molecule has 3 N–H and O–H groups in total.